The van der Waals surface area contributed by atoms with Crippen LogP contribution in [0.15, 0.2) is 35.3 Å². The Morgan fingerprint density at radius 2 is 1.81 bits per heavy atom. The highest BCUT2D eigenvalue weighted by Crippen LogP contribution is 2.35. The van der Waals surface area contributed by atoms with Gasteiger partial charge < -0.3 is 15.4 Å². The van der Waals surface area contributed by atoms with E-state index in [2.05, 4.69) is 47.9 Å². The quantitative estimate of drug-likeness (QED) is 0.384. The first-order valence-corrected chi connectivity index (χ1v) is 10.0. The second-order valence-corrected chi connectivity index (χ2v) is 7.43. The Kier molecular flexibility index (Phi) is 9.19. The smallest absolute Gasteiger partial charge is 0.191 e. The van der Waals surface area contributed by atoms with Gasteiger partial charge in [-0.3, -0.25) is 4.99 Å². The van der Waals surface area contributed by atoms with Gasteiger partial charge in [0.1, 0.15) is 0 Å². The van der Waals surface area contributed by atoms with Gasteiger partial charge in [-0.1, -0.05) is 49.6 Å². The number of ether oxygens (including phenoxy) is 1. The number of halogens is 1. The molecule has 0 atom stereocenters. The Labute approximate surface area is 175 Å². The SMILES string of the molecule is CCNC(=NCC1(c2ccccc2)CCOCC1)NC1CCCCC1.I. The van der Waals surface area contributed by atoms with Crippen molar-refractivity contribution in [2.75, 3.05) is 26.3 Å². The first-order valence-electron chi connectivity index (χ1n) is 10.0. The zero-order valence-corrected chi connectivity index (χ0v) is 18.3. The van der Waals surface area contributed by atoms with Crippen molar-refractivity contribution < 1.29 is 4.74 Å². The Bertz CT molecular complexity index is 537. The molecular weight excluding hydrogens is 437 g/mol. The molecule has 0 bridgehead atoms. The van der Waals surface area contributed by atoms with E-state index in [9.17, 15) is 0 Å². The Morgan fingerprint density at radius 1 is 1.12 bits per heavy atom. The number of hydrogen-bond donors (Lipinski definition) is 2. The van der Waals surface area contributed by atoms with E-state index in [1.165, 1.54) is 37.7 Å². The third-order valence-electron chi connectivity index (χ3n) is 5.67. The molecule has 3 rings (SSSR count). The Morgan fingerprint density at radius 3 is 2.46 bits per heavy atom. The maximum atomic E-state index is 5.64. The number of aliphatic imine (C=N–C) groups is 1. The van der Waals surface area contributed by atoms with E-state index in [1.807, 2.05) is 0 Å². The molecule has 1 aliphatic heterocycles. The van der Waals surface area contributed by atoms with E-state index in [1.54, 1.807) is 0 Å². The van der Waals surface area contributed by atoms with Crippen LogP contribution in [0.5, 0.6) is 0 Å². The summed E-state index contributed by atoms with van der Waals surface area (Å²) in [6.07, 6.45) is 8.67. The molecule has 2 N–H and O–H groups in total. The maximum Gasteiger partial charge on any atom is 0.191 e. The number of guanidine groups is 1. The van der Waals surface area contributed by atoms with E-state index >= 15 is 0 Å². The van der Waals surface area contributed by atoms with Gasteiger partial charge in [-0.05, 0) is 38.2 Å². The minimum absolute atomic E-state index is 0. The number of hydrogen-bond acceptors (Lipinski definition) is 2. The molecule has 5 heteroatoms. The van der Waals surface area contributed by atoms with Crippen molar-refractivity contribution in [2.24, 2.45) is 4.99 Å². The molecule has 1 saturated heterocycles. The van der Waals surface area contributed by atoms with E-state index in [-0.39, 0.29) is 29.4 Å². The predicted molar refractivity (Wildman–Crippen MR) is 120 cm³/mol. The number of nitrogens with one attached hydrogen (secondary N) is 2. The van der Waals surface area contributed by atoms with Crippen LogP contribution in [0.2, 0.25) is 0 Å². The molecule has 0 radical (unpaired) electrons. The van der Waals surface area contributed by atoms with Crippen LogP contribution in [0, 0.1) is 0 Å². The van der Waals surface area contributed by atoms with Crippen LogP contribution in [0.3, 0.4) is 0 Å². The standard InChI is InChI=1S/C21H33N3O.HI/c1-2-22-20(24-19-11-7-4-8-12-19)23-17-21(13-15-25-16-14-21)18-9-5-3-6-10-18;/h3,5-6,9-10,19H,2,4,7-8,11-17H2,1H3,(H2,22,23,24);1H. The van der Waals surface area contributed by atoms with Gasteiger partial charge >= 0.3 is 0 Å². The van der Waals surface area contributed by atoms with Crippen LogP contribution in [-0.4, -0.2) is 38.3 Å². The van der Waals surface area contributed by atoms with Gasteiger partial charge in [0.25, 0.3) is 0 Å². The largest absolute Gasteiger partial charge is 0.381 e. The van der Waals surface area contributed by atoms with Crippen molar-refractivity contribution in [3.63, 3.8) is 0 Å². The zero-order chi connectivity index (χ0) is 17.4. The molecule has 0 spiro atoms. The van der Waals surface area contributed by atoms with Gasteiger partial charge in [0, 0.05) is 31.2 Å². The summed E-state index contributed by atoms with van der Waals surface area (Å²) < 4.78 is 5.64. The van der Waals surface area contributed by atoms with Crippen LogP contribution in [0.25, 0.3) is 0 Å². The predicted octanol–water partition coefficient (Wildman–Crippen LogP) is 4.24. The second-order valence-electron chi connectivity index (χ2n) is 7.43. The Hall–Kier alpha value is -0.820. The summed E-state index contributed by atoms with van der Waals surface area (Å²) in [7, 11) is 0. The average Bonchev–Trinajstić information content (AvgIpc) is 2.69. The molecule has 146 valence electrons. The third kappa shape index (κ3) is 5.84. The molecule has 1 aromatic carbocycles. The first kappa shape index (κ1) is 21.5. The van der Waals surface area contributed by atoms with Gasteiger partial charge in [-0.15, -0.1) is 24.0 Å². The highest BCUT2D eigenvalue weighted by atomic mass is 127. The molecule has 1 aromatic rings. The average molecular weight is 471 g/mol. The van der Waals surface area contributed by atoms with Crippen LogP contribution >= 0.6 is 24.0 Å². The first-order chi connectivity index (χ1) is 12.3. The molecule has 0 unspecified atom stereocenters. The summed E-state index contributed by atoms with van der Waals surface area (Å²) in [6.45, 7) is 5.52. The summed E-state index contributed by atoms with van der Waals surface area (Å²) in [5.41, 5.74) is 1.50. The van der Waals surface area contributed by atoms with Crippen molar-refractivity contribution in [1.29, 1.82) is 0 Å². The molecule has 2 aliphatic rings. The number of nitrogens with zero attached hydrogens (tertiary/aromatic N) is 1. The fourth-order valence-corrected chi connectivity index (χ4v) is 4.08. The molecular formula is C21H34IN3O. The molecule has 2 fully saturated rings. The summed E-state index contributed by atoms with van der Waals surface area (Å²) in [5.74, 6) is 0.983. The van der Waals surface area contributed by atoms with Gasteiger partial charge in [-0.2, -0.15) is 0 Å². The minimum atomic E-state index is 0. The van der Waals surface area contributed by atoms with Crippen LogP contribution < -0.4 is 10.6 Å². The van der Waals surface area contributed by atoms with Gasteiger partial charge in [-0.25, -0.2) is 0 Å². The van der Waals surface area contributed by atoms with E-state index < -0.39 is 0 Å². The second kappa shape index (κ2) is 11.1. The van der Waals surface area contributed by atoms with Crippen molar-refractivity contribution >= 4 is 29.9 Å². The lowest BCUT2D eigenvalue weighted by Gasteiger charge is -2.37. The summed E-state index contributed by atoms with van der Waals surface area (Å²) in [5, 5.41) is 7.12. The monoisotopic (exact) mass is 471 g/mol. The lowest BCUT2D eigenvalue weighted by molar-refractivity contribution is 0.0531. The number of rotatable bonds is 5. The van der Waals surface area contributed by atoms with E-state index in [4.69, 9.17) is 9.73 Å². The molecule has 1 saturated carbocycles. The molecule has 1 heterocycles. The molecule has 26 heavy (non-hydrogen) atoms. The summed E-state index contributed by atoms with van der Waals surface area (Å²) in [4.78, 5) is 5.02. The highest BCUT2D eigenvalue weighted by molar-refractivity contribution is 14.0. The maximum absolute atomic E-state index is 5.64. The summed E-state index contributed by atoms with van der Waals surface area (Å²) in [6, 6.07) is 11.5. The summed E-state index contributed by atoms with van der Waals surface area (Å²) >= 11 is 0. The van der Waals surface area contributed by atoms with Crippen LogP contribution in [0.1, 0.15) is 57.4 Å². The van der Waals surface area contributed by atoms with Gasteiger partial charge in [0.15, 0.2) is 5.96 Å². The van der Waals surface area contributed by atoms with Crippen molar-refractivity contribution in [1.82, 2.24) is 10.6 Å². The topological polar surface area (TPSA) is 45.7 Å². The third-order valence-corrected chi connectivity index (χ3v) is 5.67. The van der Waals surface area contributed by atoms with Crippen molar-refractivity contribution in [3.05, 3.63) is 35.9 Å². The fraction of sp³-hybridized carbons (Fsp3) is 0.667. The zero-order valence-electron chi connectivity index (χ0n) is 16.0. The van der Waals surface area contributed by atoms with E-state index in [0.29, 0.717) is 6.04 Å². The lowest BCUT2D eigenvalue weighted by Crippen LogP contribution is -2.45. The van der Waals surface area contributed by atoms with Gasteiger partial charge in [0.05, 0.1) is 6.54 Å². The minimum Gasteiger partial charge on any atom is -0.381 e. The van der Waals surface area contributed by atoms with Crippen LogP contribution in [-0.2, 0) is 10.2 Å². The fourth-order valence-electron chi connectivity index (χ4n) is 4.08. The van der Waals surface area contributed by atoms with Gasteiger partial charge in [0.2, 0.25) is 0 Å². The number of benzene rings is 1. The van der Waals surface area contributed by atoms with Crippen molar-refractivity contribution in [2.45, 2.75) is 63.3 Å². The van der Waals surface area contributed by atoms with Crippen molar-refractivity contribution in [3.8, 4) is 0 Å². The van der Waals surface area contributed by atoms with Crippen LogP contribution in [0.4, 0.5) is 0 Å². The molecule has 0 amide bonds. The van der Waals surface area contributed by atoms with E-state index in [0.717, 1.165) is 45.1 Å². The highest BCUT2D eigenvalue weighted by Gasteiger charge is 2.34. The molecule has 4 nitrogen and oxygen atoms in total. The Balaban J connectivity index is 0.00000243. The normalized spacial score (nSPS) is 20.9. The molecule has 1 aliphatic carbocycles. The molecule has 0 aromatic heterocycles. The lowest BCUT2D eigenvalue weighted by atomic mass is 9.74.